The third kappa shape index (κ3) is 3.63. The molecule has 0 aliphatic carbocycles. The zero-order valence-electron chi connectivity index (χ0n) is 11.8. The minimum absolute atomic E-state index is 0.118. The third-order valence-corrected chi connectivity index (χ3v) is 4.65. The summed E-state index contributed by atoms with van der Waals surface area (Å²) in [4.78, 5) is 7.64. The van der Waals surface area contributed by atoms with Crippen molar-refractivity contribution in [2.45, 2.75) is 31.7 Å². The van der Waals surface area contributed by atoms with Crippen molar-refractivity contribution in [3.8, 4) is 0 Å². The number of nitrogens with zero attached hydrogens (tertiary/aromatic N) is 2. The fraction of sp³-hybridized carbons (Fsp3) is 0.533. The molecule has 2 atom stereocenters. The Kier molecular flexibility index (Phi) is 4.45. The standard InChI is InChI=1S/C15H16BrF3N2O/c16-14-7-13(22-20-14)11-5-6-21(9-11)8-10-1-3-12(4-2-10)15(17,18)19/h1-4,11,13H,5-9H2/t11-,13?/m1/s1. The zero-order chi connectivity index (χ0) is 15.7. The van der Waals surface area contributed by atoms with Crippen LogP contribution in [0.4, 0.5) is 13.2 Å². The number of likely N-dealkylation sites (tertiary alicyclic amines) is 1. The van der Waals surface area contributed by atoms with E-state index in [0.29, 0.717) is 12.5 Å². The normalized spacial score (nSPS) is 26.1. The lowest BCUT2D eigenvalue weighted by atomic mass is 10.00. The molecule has 1 aromatic rings. The summed E-state index contributed by atoms with van der Waals surface area (Å²) in [6, 6.07) is 5.41. The highest BCUT2D eigenvalue weighted by molar-refractivity contribution is 9.18. The lowest BCUT2D eigenvalue weighted by molar-refractivity contribution is -0.137. The molecule has 2 aliphatic rings. The highest BCUT2D eigenvalue weighted by atomic mass is 79.9. The minimum Gasteiger partial charge on any atom is -0.391 e. The number of benzene rings is 1. The van der Waals surface area contributed by atoms with Gasteiger partial charge in [0.15, 0.2) is 0 Å². The molecular weight excluding hydrogens is 361 g/mol. The molecule has 0 radical (unpaired) electrons. The van der Waals surface area contributed by atoms with E-state index in [9.17, 15) is 13.2 Å². The molecule has 0 bridgehead atoms. The summed E-state index contributed by atoms with van der Waals surface area (Å²) in [6.45, 7) is 2.49. The molecule has 22 heavy (non-hydrogen) atoms. The molecule has 1 unspecified atom stereocenters. The molecule has 0 aromatic heterocycles. The smallest absolute Gasteiger partial charge is 0.391 e. The summed E-state index contributed by atoms with van der Waals surface area (Å²) < 4.78 is 38.5. The minimum atomic E-state index is -4.27. The van der Waals surface area contributed by atoms with E-state index in [2.05, 4.69) is 26.0 Å². The van der Waals surface area contributed by atoms with Gasteiger partial charge in [0.1, 0.15) is 10.7 Å². The Bertz CT molecular complexity index is 559. The lowest BCUT2D eigenvalue weighted by Crippen LogP contribution is -2.25. The van der Waals surface area contributed by atoms with Crippen molar-refractivity contribution in [2.75, 3.05) is 13.1 Å². The van der Waals surface area contributed by atoms with Gasteiger partial charge in [0.05, 0.1) is 5.56 Å². The largest absolute Gasteiger partial charge is 0.416 e. The number of hydrogen-bond donors (Lipinski definition) is 0. The van der Waals surface area contributed by atoms with Crippen LogP contribution in [-0.4, -0.2) is 28.7 Å². The monoisotopic (exact) mass is 376 g/mol. The summed E-state index contributed by atoms with van der Waals surface area (Å²) >= 11 is 3.34. The van der Waals surface area contributed by atoms with Gasteiger partial charge >= 0.3 is 6.18 Å². The van der Waals surface area contributed by atoms with E-state index >= 15 is 0 Å². The molecule has 0 spiro atoms. The molecule has 1 saturated heterocycles. The van der Waals surface area contributed by atoms with Crippen LogP contribution in [0.25, 0.3) is 0 Å². The van der Waals surface area contributed by atoms with Gasteiger partial charge in [-0.25, -0.2) is 0 Å². The van der Waals surface area contributed by atoms with E-state index in [0.717, 1.165) is 48.2 Å². The predicted octanol–water partition coefficient (Wildman–Crippen LogP) is 4.02. The molecule has 3 nitrogen and oxygen atoms in total. The van der Waals surface area contributed by atoms with E-state index in [4.69, 9.17) is 4.84 Å². The van der Waals surface area contributed by atoms with Gasteiger partial charge in [0.2, 0.25) is 0 Å². The first-order valence-corrected chi connectivity index (χ1v) is 7.98. The summed E-state index contributed by atoms with van der Waals surface area (Å²) in [7, 11) is 0. The Hall–Kier alpha value is -1.08. The number of hydrogen-bond acceptors (Lipinski definition) is 3. The maximum absolute atomic E-state index is 12.5. The molecule has 1 fully saturated rings. The van der Waals surface area contributed by atoms with Gasteiger partial charge in [0, 0.05) is 25.4 Å². The summed E-state index contributed by atoms with van der Waals surface area (Å²) in [5, 5.41) is 3.91. The van der Waals surface area contributed by atoms with E-state index in [1.807, 2.05) is 0 Å². The van der Waals surface area contributed by atoms with Crippen molar-refractivity contribution in [1.82, 2.24) is 4.90 Å². The fourth-order valence-electron chi connectivity index (χ4n) is 2.99. The topological polar surface area (TPSA) is 24.8 Å². The van der Waals surface area contributed by atoms with Crippen LogP contribution < -0.4 is 0 Å². The van der Waals surface area contributed by atoms with Gasteiger partial charge < -0.3 is 4.84 Å². The van der Waals surface area contributed by atoms with E-state index in [-0.39, 0.29) is 6.10 Å². The first-order chi connectivity index (χ1) is 10.4. The summed E-state index contributed by atoms with van der Waals surface area (Å²) in [6.07, 6.45) is -2.32. The van der Waals surface area contributed by atoms with Crippen LogP contribution in [0.15, 0.2) is 29.4 Å². The molecule has 120 valence electrons. The Balaban J connectivity index is 1.54. The van der Waals surface area contributed by atoms with Gasteiger partial charge in [-0.15, -0.1) is 0 Å². The van der Waals surface area contributed by atoms with Gasteiger partial charge in [0.25, 0.3) is 0 Å². The van der Waals surface area contributed by atoms with Crippen LogP contribution in [-0.2, 0) is 17.6 Å². The molecule has 0 saturated carbocycles. The SMILES string of the molecule is FC(F)(F)c1ccc(CN2CC[C@@H](C3CC(Br)=NO3)C2)cc1. The molecule has 0 amide bonds. The van der Waals surface area contributed by atoms with Crippen molar-refractivity contribution in [2.24, 2.45) is 11.1 Å². The highest BCUT2D eigenvalue weighted by Gasteiger charge is 2.34. The first kappa shape index (κ1) is 15.8. The van der Waals surface area contributed by atoms with Gasteiger partial charge in [-0.3, -0.25) is 4.90 Å². The van der Waals surface area contributed by atoms with Crippen LogP contribution in [0.3, 0.4) is 0 Å². The first-order valence-electron chi connectivity index (χ1n) is 7.18. The van der Waals surface area contributed by atoms with Crippen molar-refractivity contribution >= 4 is 20.6 Å². The van der Waals surface area contributed by atoms with Crippen LogP contribution in [0, 0.1) is 5.92 Å². The van der Waals surface area contributed by atoms with Crippen LogP contribution in [0.2, 0.25) is 0 Å². The number of rotatable bonds is 3. The highest BCUT2D eigenvalue weighted by Crippen LogP contribution is 2.31. The number of oxime groups is 1. The van der Waals surface area contributed by atoms with Crippen molar-refractivity contribution in [3.63, 3.8) is 0 Å². The summed E-state index contributed by atoms with van der Waals surface area (Å²) in [5.41, 5.74) is 0.301. The van der Waals surface area contributed by atoms with Crippen LogP contribution in [0.5, 0.6) is 0 Å². The average Bonchev–Trinajstić information content (AvgIpc) is 3.07. The van der Waals surface area contributed by atoms with E-state index in [1.165, 1.54) is 0 Å². The van der Waals surface area contributed by atoms with Crippen LogP contribution in [0.1, 0.15) is 24.0 Å². The number of alkyl halides is 3. The molecule has 2 aliphatic heterocycles. The second kappa shape index (κ2) is 6.20. The Labute approximate surface area is 135 Å². The van der Waals surface area contributed by atoms with E-state index < -0.39 is 11.7 Å². The molecular formula is C15H16BrF3N2O. The zero-order valence-corrected chi connectivity index (χ0v) is 13.4. The van der Waals surface area contributed by atoms with E-state index in [1.54, 1.807) is 12.1 Å². The van der Waals surface area contributed by atoms with Crippen molar-refractivity contribution in [1.29, 1.82) is 0 Å². The molecule has 7 heteroatoms. The Morgan fingerprint density at radius 3 is 2.59 bits per heavy atom. The Morgan fingerprint density at radius 1 is 1.27 bits per heavy atom. The number of halogens is 4. The average molecular weight is 377 g/mol. The molecule has 0 N–H and O–H groups in total. The maximum Gasteiger partial charge on any atom is 0.416 e. The van der Waals surface area contributed by atoms with Gasteiger partial charge in [-0.2, -0.15) is 13.2 Å². The molecule has 2 heterocycles. The summed E-state index contributed by atoms with van der Waals surface area (Å²) in [5.74, 6) is 0.424. The maximum atomic E-state index is 12.5. The van der Waals surface area contributed by atoms with Gasteiger partial charge in [-0.05, 0) is 46.6 Å². The quantitative estimate of drug-likeness (QED) is 0.795. The molecule has 3 rings (SSSR count). The third-order valence-electron chi connectivity index (χ3n) is 4.18. The predicted molar refractivity (Wildman–Crippen MR) is 80.7 cm³/mol. The second-order valence-corrected chi connectivity index (χ2v) is 6.71. The van der Waals surface area contributed by atoms with Crippen LogP contribution >= 0.6 is 15.9 Å². The van der Waals surface area contributed by atoms with Crippen molar-refractivity contribution in [3.05, 3.63) is 35.4 Å². The lowest BCUT2D eigenvalue weighted by Gasteiger charge is -2.18. The van der Waals surface area contributed by atoms with Gasteiger partial charge in [-0.1, -0.05) is 17.3 Å². The second-order valence-electron chi connectivity index (χ2n) is 5.79. The molecule has 1 aromatic carbocycles. The fourth-order valence-corrected chi connectivity index (χ4v) is 3.39. The van der Waals surface area contributed by atoms with Crippen molar-refractivity contribution < 1.29 is 18.0 Å². The Morgan fingerprint density at radius 2 is 2.00 bits per heavy atom.